The van der Waals surface area contributed by atoms with Crippen LogP contribution in [0.3, 0.4) is 0 Å². The lowest BCUT2D eigenvalue weighted by atomic mass is 9.62. The third kappa shape index (κ3) is 3.42. The van der Waals surface area contributed by atoms with Crippen molar-refractivity contribution in [1.82, 2.24) is 10.2 Å². The number of esters is 1. The second-order valence-electron chi connectivity index (χ2n) is 10.2. The molecule has 3 aliphatic heterocycles. The third-order valence-electron chi connectivity index (χ3n) is 6.91. The van der Waals surface area contributed by atoms with E-state index in [1.54, 1.807) is 11.8 Å². The standard InChI is InChI=1S/C22H36N2O6/c1-7-29-19(28)15-14-18(27)24(10-8-9-11-25)16(17(26)23-20(3,4)5)22(14)12-13(2)21(15,6)30-22/h13-16,25H,7-12H2,1-6H3,(H,23,26)/t13?,14-,15-,16?,21+,22?/m0/s1. The molecule has 0 saturated carbocycles. The lowest BCUT2D eigenvalue weighted by Crippen LogP contribution is -2.58. The van der Waals surface area contributed by atoms with Crippen LogP contribution in [-0.2, 0) is 23.9 Å². The lowest BCUT2D eigenvalue weighted by molar-refractivity contribution is -0.161. The molecular formula is C22H36N2O6. The summed E-state index contributed by atoms with van der Waals surface area (Å²) in [5.41, 5.74) is -2.36. The molecule has 0 radical (unpaired) electrons. The largest absolute Gasteiger partial charge is 0.466 e. The number of hydrogen-bond donors (Lipinski definition) is 2. The van der Waals surface area contributed by atoms with Gasteiger partial charge in [0.1, 0.15) is 17.6 Å². The predicted octanol–water partition coefficient (Wildman–Crippen LogP) is 1.25. The average Bonchev–Trinajstić information content (AvgIpc) is 3.12. The first kappa shape index (κ1) is 23.0. The van der Waals surface area contributed by atoms with E-state index in [0.29, 0.717) is 25.8 Å². The van der Waals surface area contributed by atoms with Crippen LogP contribution in [0, 0.1) is 17.8 Å². The minimum absolute atomic E-state index is 0.00159. The molecule has 0 aromatic rings. The van der Waals surface area contributed by atoms with E-state index < -0.39 is 40.6 Å². The molecule has 2 amide bonds. The maximum Gasteiger partial charge on any atom is 0.312 e. The van der Waals surface area contributed by atoms with Crippen LogP contribution in [0.25, 0.3) is 0 Å². The quantitative estimate of drug-likeness (QED) is 0.471. The fourth-order valence-electron chi connectivity index (χ4n) is 5.70. The second-order valence-corrected chi connectivity index (χ2v) is 10.2. The summed E-state index contributed by atoms with van der Waals surface area (Å²) in [4.78, 5) is 41.6. The molecule has 0 aromatic carbocycles. The Labute approximate surface area is 178 Å². The molecule has 6 atom stereocenters. The predicted molar refractivity (Wildman–Crippen MR) is 109 cm³/mol. The third-order valence-corrected chi connectivity index (χ3v) is 6.91. The van der Waals surface area contributed by atoms with Gasteiger partial charge in [0.05, 0.1) is 18.1 Å². The molecule has 0 aromatic heterocycles. The minimum atomic E-state index is -1.04. The van der Waals surface area contributed by atoms with E-state index in [4.69, 9.17) is 9.47 Å². The minimum Gasteiger partial charge on any atom is -0.466 e. The highest BCUT2D eigenvalue weighted by molar-refractivity contribution is 5.98. The first-order valence-electron chi connectivity index (χ1n) is 11.0. The van der Waals surface area contributed by atoms with Gasteiger partial charge in [0, 0.05) is 18.7 Å². The number of aliphatic hydroxyl groups excluding tert-OH is 1. The fourth-order valence-corrected chi connectivity index (χ4v) is 5.70. The Kier molecular flexibility index (Phi) is 5.97. The average molecular weight is 425 g/mol. The van der Waals surface area contributed by atoms with Gasteiger partial charge < -0.3 is 24.8 Å². The zero-order chi connectivity index (χ0) is 22.5. The maximum absolute atomic E-state index is 13.6. The van der Waals surface area contributed by atoms with Crippen molar-refractivity contribution in [2.75, 3.05) is 19.8 Å². The Morgan fingerprint density at radius 3 is 2.57 bits per heavy atom. The van der Waals surface area contributed by atoms with Crippen LogP contribution in [0.1, 0.15) is 60.8 Å². The summed E-state index contributed by atoms with van der Waals surface area (Å²) in [7, 11) is 0. The summed E-state index contributed by atoms with van der Waals surface area (Å²) in [5.74, 6) is -2.39. The van der Waals surface area contributed by atoms with Gasteiger partial charge in [0.25, 0.3) is 0 Å². The molecule has 2 N–H and O–H groups in total. The SMILES string of the molecule is CCOC(=O)[C@@H]1[C@H]2C(=O)N(CCCCO)C(C(=O)NC(C)(C)C)C23CC(C)[C@@]1(C)O3. The number of aliphatic hydroxyl groups is 1. The van der Waals surface area contributed by atoms with E-state index in [0.717, 1.165) is 0 Å². The number of likely N-dealkylation sites (tertiary alicyclic amines) is 1. The van der Waals surface area contributed by atoms with Gasteiger partial charge in [-0.05, 0) is 59.8 Å². The molecule has 30 heavy (non-hydrogen) atoms. The number of rotatable bonds is 7. The van der Waals surface area contributed by atoms with Crippen LogP contribution in [0.5, 0.6) is 0 Å². The van der Waals surface area contributed by atoms with Gasteiger partial charge in [-0.2, -0.15) is 0 Å². The molecule has 8 heteroatoms. The number of nitrogens with zero attached hydrogens (tertiary/aromatic N) is 1. The molecule has 170 valence electrons. The smallest absolute Gasteiger partial charge is 0.312 e. The van der Waals surface area contributed by atoms with Gasteiger partial charge in [-0.15, -0.1) is 0 Å². The fraction of sp³-hybridized carbons (Fsp3) is 0.864. The highest BCUT2D eigenvalue weighted by Crippen LogP contribution is 2.65. The van der Waals surface area contributed by atoms with Crippen LogP contribution in [0.2, 0.25) is 0 Å². The van der Waals surface area contributed by atoms with Crippen LogP contribution in [0.15, 0.2) is 0 Å². The van der Waals surface area contributed by atoms with Gasteiger partial charge in [-0.3, -0.25) is 14.4 Å². The van der Waals surface area contributed by atoms with Gasteiger partial charge in [-0.1, -0.05) is 6.92 Å². The normalized spacial score (nSPS) is 37.4. The van der Waals surface area contributed by atoms with E-state index in [1.165, 1.54) is 0 Å². The molecule has 1 spiro atoms. The first-order chi connectivity index (χ1) is 13.9. The van der Waals surface area contributed by atoms with Crippen LogP contribution in [-0.4, -0.2) is 70.3 Å². The Bertz CT molecular complexity index is 719. The summed E-state index contributed by atoms with van der Waals surface area (Å²) in [6.07, 6.45) is 1.64. The number of ether oxygens (including phenoxy) is 2. The molecule has 2 bridgehead atoms. The highest BCUT2D eigenvalue weighted by atomic mass is 16.6. The number of carbonyl (C=O) groups is 3. The van der Waals surface area contributed by atoms with Gasteiger partial charge in [-0.25, -0.2) is 0 Å². The van der Waals surface area contributed by atoms with Gasteiger partial charge in [0.2, 0.25) is 11.8 Å². The highest BCUT2D eigenvalue weighted by Gasteiger charge is 2.80. The molecule has 3 saturated heterocycles. The molecule has 0 aliphatic carbocycles. The van der Waals surface area contributed by atoms with Crippen molar-refractivity contribution >= 4 is 17.8 Å². The van der Waals surface area contributed by atoms with Crippen LogP contribution in [0.4, 0.5) is 0 Å². The molecular weight excluding hydrogens is 388 g/mol. The number of nitrogens with one attached hydrogen (secondary N) is 1. The zero-order valence-electron chi connectivity index (χ0n) is 19.0. The molecule has 8 nitrogen and oxygen atoms in total. The van der Waals surface area contributed by atoms with Crippen molar-refractivity contribution < 1.29 is 29.0 Å². The molecule has 3 heterocycles. The van der Waals surface area contributed by atoms with E-state index in [1.807, 2.05) is 34.6 Å². The number of unbranched alkanes of at least 4 members (excludes halogenated alkanes) is 1. The van der Waals surface area contributed by atoms with Gasteiger partial charge >= 0.3 is 5.97 Å². The Balaban J connectivity index is 2.04. The summed E-state index contributed by atoms with van der Waals surface area (Å²) in [6, 6.07) is -0.809. The number of hydrogen-bond acceptors (Lipinski definition) is 6. The maximum atomic E-state index is 13.6. The molecule has 3 unspecified atom stereocenters. The van der Waals surface area contributed by atoms with Crippen molar-refractivity contribution in [3.63, 3.8) is 0 Å². The van der Waals surface area contributed by atoms with E-state index in [-0.39, 0.29) is 30.9 Å². The Morgan fingerprint density at radius 2 is 2.00 bits per heavy atom. The molecule has 3 aliphatic rings. The van der Waals surface area contributed by atoms with Crippen molar-refractivity contribution in [2.45, 2.75) is 83.6 Å². The first-order valence-corrected chi connectivity index (χ1v) is 11.0. The van der Waals surface area contributed by atoms with Gasteiger partial charge in [0.15, 0.2) is 0 Å². The number of fused-ring (bicyclic) bond motifs is 1. The van der Waals surface area contributed by atoms with Crippen molar-refractivity contribution in [3.05, 3.63) is 0 Å². The van der Waals surface area contributed by atoms with Crippen molar-refractivity contribution in [1.29, 1.82) is 0 Å². The van der Waals surface area contributed by atoms with Crippen LogP contribution >= 0.6 is 0 Å². The topological polar surface area (TPSA) is 105 Å². The summed E-state index contributed by atoms with van der Waals surface area (Å²) >= 11 is 0. The van der Waals surface area contributed by atoms with Crippen molar-refractivity contribution in [2.24, 2.45) is 17.8 Å². The zero-order valence-corrected chi connectivity index (χ0v) is 19.0. The molecule has 3 fully saturated rings. The Morgan fingerprint density at radius 1 is 1.33 bits per heavy atom. The van der Waals surface area contributed by atoms with Crippen molar-refractivity contribution in [3.8, 4) is 0 Å². The van der Waals surface area contributed by atoms with E-state index >= 15 is 0 Å². The van der Waals surface area contributed by atoms with E-state index in [2.05, 4.69) is 5.32 Å². The number of amides is 2. The lowest BCUT2D eigenvalue weighted by Gasteiger charge is -2.36. The van der Waals surface area contributed by atoms with E-state index in [9.17, 15) is 19.5 Å². The monoisotopic (exact) mass is 424 g/mol. The second kappa shape index (κ2) is 7.79. The Hall–Kier alpha value is -1.67. The summed E-state index contributed by atoms with van der Waals surface area (Å²) < 4.78 is 11.9. The summed E-state index contributed by atoms with van der Waals surface area (Å²) in [6.45, 7) is 11.9. The number of carbonyl (C=O) groups excluding carboxylic acids is 3. The van der Waals surface area contributed by atoms with Crippen LogP contribution < -0.4 is 5.32 Å². The molecule has 3 rings (SSSR count). The summed E-state index contributed by atoms with van der Waals surface area (Å²) in [5, 5.41) is 12.2.